The van der Waals surface area contributed by atoms with Crippen molar-refractivity contribution in [3.8, 4) is 44.8 Å². The van der Waals surface area contributed by atoms with Gasteiger partial charge in [-0.25, -0.2) is 0 Å². The summed E-state index contributed by atoms with van der Waals surface area (Å²) >= 11 is 0. The van der Waals surface area contributed by atoms with Gasteiger partial charge in [-0.1, -0.05) is 170 Å². The van der Waals surface area contributed by atoms with Crippen LogP contribution < -0.4 is 0 Å². The van der Waals surface area contributed by atoms with E-state index in [1.165, 1.54) is 99.4 Å². The maximum absolute atomic E-state index is 2.50. The molecule has 294 valence electrons. The second-order valence-electron chi connectivity index (χ2n) is 16.7. The van der Waals surface area contributed by atoms with Crippen molar-refractivity contribution in [2.45, 2.75) is 25.2 Å². The zero-order chi connectivity index (χ0) is 41.0. The van der Waals surface area contributed by atoms with Crippen LogP contribution in [0.3, 0.4) is 0 Å². The van der Waals surface area contributed by atoms with Gasteiger partial charge in [0.25, 0.3) is 0 Å². The fourth-order valence-corrected chi connectivity index (χ4v) is 10.1. The summed E-state index contributed by atoms with van der Waals surface area (Å²) in [6.07, 6.45) is 19.1. The van der Waals surface area contributed by atoms with Crippen LogP contribution in [0, 0.1) is 0 Å². The summed E-state index contributed by atoms with van der Waals surface area (Å²) in [7, 11) is 0. The molecule has 2 heteroatoms. The fourth-order valence-electron chi connectivity index (χ4n) is 10.1. The number of hydrogen-bond donors (Lipinski definition) is 0. The van der Waals surface area contributed by atoms with Gasteiger partial charge < -0.3 is 9.13 Å². The molecule has 0 aliphatic heterocycles. The molecular weight excluding hydrogens is 749 g/mol. The summed E-state index contributed by atoms with van der Waals surface area (Å²) in [4.78, 5) is 0. The minimum Gasteiger partial charge on any atom is -0.309 e. The molecule has 62 heavy (non-hydrogen) atoms. The van der Waals surface area contributed by atoms with Crippen LogP contribution in [0.1, 0.15) is 36.3 Å². The van der Waals surface area contributed by atoms with E-state index in [4.69, 9.17) is 0 Å². The largest absolute Gasteiger partial charge is 0.309 e. The van der Waals surface area contributed by atoms with E-state index in [1.54, 1.807) is 0 Å². The Morgan fingerprint density at radius 1 is 0.403 bits per heavy atom. The Balaban J connectivity index is 1.12. The molecule has 0 fully saturated rings. The number of aromatic nitrogens is 2. The molecule has 2 aliphatic carbocycles. The summed E-state index contributed by atoms with van der Waals surface area (Å²) in [5.41, 5.74) is 18.2. The average Bonchev–Trinajstić information content (AvgIpc) is 3.88. The van der Waals surface area contributed by atoms with Crippen LogP contribution in [0.4, 0.5) is 0 Å². The van der Waals surface area contributed by atoms with Crippen LogP contribution in [0.25, 0.3) is 93.9 Å². The molecule has 0 saturated carbocycles. The van der Waals surface area contributed by atoms with Crippen molar-refractivity contribution >= 4 is 49.2 Å². The lowest BCUT2D eigenvalue weighted by Gasteiger charge is -2.18. The van der Waals surface area contributed by atoms with Crippen molar-refractivity contribution < 1.29 is 0 Å². The van der Waals surface area contributed by atoms with Gasteiger partial charge in [0.05, 0.1) is 22.1 Å². The zero-order valence-corrected chi connectivity index (χ0v) is 34.5. The predicted octanol–water partition coefficient (Wildman–Crippen LogP) is 16.2. The first-order valence-electron chi connectivity index (χ1n) is 21.9. The van der Waals surface area contributed by atoms with E-state index >= 15 is 0 Å². The lowest BCUT2D eigenvalue weighted by Crippen LogP contribution is -2.00. The maximum atomic E-state index is 2.50. The number of nitrogens with zero attached hydrogens (tertiary/aromatic N) is 2. The summed E-state index contributed by atoms with van der Waals surface area (Å²) in [6.45, 7) is 0. The minimum atomic E-state index is 0.361. The van der Waals surface area contributed by atoms with Gasteiger partial charge >= 0.3 is 0 Å². The summed E-state index contributed by atoms with van der Waals surface area (Å²) in [6, 6.07) is 67.8. The Labute approximate surface area is 362 Å². The number of hydrogen-bond acceptors (Lipinski definition) is 0. The summed E-state index contributed by atoms with van der Waals surface area (Å²) in [5.74, 6) is 0.361. The maximum Gasteiger partial charge on any atom is 0.0619 e. The van der Waals surface area contributed by atoms with E-state index < -0.39 is 0 Å². The Morgan fingerprint density at radius 3 is 1.63 bits per heavy atom. The van der Waals surface area contributed by atoms with Gasteiger partial charge in [0.15, 0.2) is 0 Å². The molecule has 2 heterocycles. The molecule has 0 radical (unpaired) electrons. The first kappa shape index (κ1) is 36.2. The van der Waals surface area contributed by atoms with Crippen LogP contribution in [0.2, 0.25) is 0 Å². The van der Waals surface area contributed by atoms with Crippen molar-refractivity contribution in [2.75, 3.05) is 0 Å². The van der Waals surface area contributed by atoms with Crippen LogP contribution in [-0.4, -0.2) is 9.13 Å². The molecule has 0 bridgehead atoms. The SMILES string of the molecule is C1=CCC(c2cccc(-n3c4ccccc4c4cccc(-c5cc(-c6ccccc6)cc(-c6cccc7c8ccccc8n(-c8cccc(C9=CCCC=C9)c8)c67)c5)c43)c2)C=C1. The van der Waals surface area contributed by atoms with Gasteiger partial charge in [-0.2, -0.15) is 0 Å². The highest BCUT2D eigenvalue weighted by Crippen LogP contribution is 2.44. The smallest absolute Gasteiger partial charge is 0.0619 e. The molecule has 1 atom stereocenters. The van der Waals surface area contributed by atoms with Crippen molar-refractivity contribution in [1.29, 1.82) is 0 Å². The standard InChI is InChI=1S/C60H44N2/c1-4-18-41(19-5-1)44-24-14-26-49(39-44)61-57-34-12-10-28-53(57)55-32-16-30-51(59(55)61)47-36-46(43-22-8-3-9-23-43)37-48(38-47)52-31-17-33-56-54-29-11-13-35-58(54)62(60(52)56)50-27-15-25-45(40-50)42-20-6-2-7-21-42/h1,3-6,8-18,20-41H,2,7,19H2. The second-order valence-corrected chi connectivity index (χ2v) is 16.7. The Morgan fingerprint density at radius 2 is 0.984 bits per heavy atom. The first-order valence-corrected chi connectivity index (χ1v) is 21.9. The predicted molar refractivity (Wildman–Crippen MR) is 263 cm³/mol. The lowest BCUT2D eigenvalue weighted by atomic mass is 9.91. The third-order valence-electron chi connectivity index (χ3n) is 13.0. The molecular formula is C60H44N2. The third-order valence-corrected chi connectivity index (χ3v) is 13.0. The monoisotopic (exact) mass is 792 g/mol. The normalized spacial score (nSPS) is 15.0. The van der Waals surface area contributed by atoms with E-state index in [9.17, 15) is 0 Å². The van der Waals surface area contributed by atoms with Gasteiger partial charge in [-0.15, -0.1) is 0 Å². The second kappa shape index (κ2) is 15.1. The zero-order valence-electron chi connectivity index (χ0n) is 34.5. The quantitative estimate of drug-likeness (QED) is 0.152. The van der Waals surface area contributed by atoms with E-state index in [2.05, 4.69) is 234 Å². The molecule has 0 spiro atoms. The Bertz CT molecular complexity index is 3490. The molecule has 10 aromatic rings. The number of benzene rings is 8. The van der Waals surface area contributed by atoms with E-state index in [0.717, 1.165) is 24.9 Å². The molecule has 2 aromatic heterocycles. The van der Waals surface area contributed by atoms with Gasteiger partial charge in [0.1, 0.15) is 0 Å². The van der Waals surface area contributed by atoms with Gasteiger partial charge in [-0.3, -0.25) is 0 Å². The summed E-state index contributed by atoms with van der Waals surface area (Å²) < 4.78 is 5.00. The lowest BCUT2D eigenvalue weighted by molar-refractivity contribution is 0.852. The molecule has 0 N–H and O–H groups in total. The van der Waals surface area contributed by atoms with E-state index in [1.807, 2.05) is 0 Å². The molecule has 8 aromatic carbocycles. The van der Waals surface area contributed by atoms with Crippen molar-refractivity contribution in [3.63, 3.8) is 0 Å². The molecule has 2 nitrogen and oxygen atoms in total. The minimum absolute atomic E-state index is 0.361. The van der Waals surface area contributed by atoms with Crippen LogP contribution >= 0.6 is 0 Å². The van der Waals surface area contributed by atoms with Crippen LogP contribution in [0.5, 0.6) is 0 Å². The van der Waals surface area contributed by atoms with Crippen molar-refractivity contribution in [3.05, 3.63) is 236 Å². The number of fused-ring (bicyclic) bond motifs is 6. The Kier molecular flexibility index (Phi) is 8.81. The van der Waals surface area contributed by atoms with Gasteiger partial charge in [0, 0.05) is 50.0 Å². The average molecular weight is 793 g/mol. The summed E-state index contributed by atoms with van der Waals surface area (Å²) in [5, 5.41) is 5.01. The van der Waals surface area contributed by atoms with Crippen molar-refractivity contribution in [1.82, 2.24) is 9.13 Å². The fraction of sp³-hybridized carbons (Fsp3) is 0.0667. The third kappa shape index (κ3) is 6.10. The van der Waals surface area contributed by atoms with E-state index in [0.29, 0.717) is 5.92 Å². The van der Waals surface area contributed by atoms with E-state index in [-0.39, 0.29) is 0 Å². The van der Waals surface area contributed by atoms with Crippen LogP contribution in [0.15, 0.2) is 225 Å². The number of para-hydroxylation sites is 4. The number of allylic oxidation sites excluding steroid dienone is 8. The topological polar surface area (TPSA) is 9.86 Å². The molecule has 2 aliphatic rings. The highest BCUT2D eigenvalue weighted by atomic mass is 15.0. The van der Waals surface area contributed by atoms with Gasteiger partial charge in [0.2, 0.25) is 0 Å². The molecule has 0 amide bonds. The number of rotatable bonds is 7. The van der Waals surface area contributed by atoms with Gasteiger partial charge in [-0.05, 0) is 113 Å². The van der Waals surface area contributed by atoms with Crippen LogP contribution in [-0.2, 0) is 0 Å². The highest BCUT2D eigenvalue weighted by molar-refractivity contribution is 6.16. The molecule has 12 rings (SSSR count). The highest BCUT2D eigenvalue weighted by Gasteiger charge is 2.21. The van der Waals surface area contributed by atoms with Crippen molar-refractivity contribution in [2.24, 2.45) is 0 Å². The molecule has 1 unspecified atom stereocenters. The first-order chi connectivity index (χ1) is 30.8. The molecule has 0 saturated heterocycles. The Hall–Kier alpha value is -7.68.